The summed E-state index contributed by atoms with van der Waals surface area (Å²) in [6.45, 7) is 18.2. The summed E-state index contributed by atoms with van der Waals surface area (Å²) in [4.78, 5) is 14.8. The third-order valence-corrected chi connectivity index (χ3v) is 16.4. The van der Waals surface area contributed by atoms with Crippen LogP contribution >= 0.6 is 62.3 Å². The lowest BCUT2D eigenvalue weighted by atomic mass is 9.95. The van der Waals surface area contributed by atoms with Crippen molar-refractivity contribution in [2.45, 2.75) is 167 Å². The minimum absolute atomic E-state index is 0.106. The van der Waals surface area contributed by atoms with Crippen molar-refractivity contribution in [2.75, 3.05) is 0 Å². The van der Waals surface area contributed by atoms with Crippen molar-refractivity contribution in [1.29, 1.82) is 5.26 Å². The van der Waals surface area contributed by atoms with E-state index in [1.807, 2.05) is 51.8 Å². The summed E-state index contributed by atoms with van der Waals surface area (Å²) in [6, 6.07) is 25.4. The normalized spacial score (nSPS) is 17.4. The predicted molar refractivity (Wildman–Crippen MR) is 317 cm³/mol. The summed E-state index contributed by atoms with van der Waals surface area (Å²) >= 11 is 28.9. The number of carbonyl (C=O) groups is 1. The van der Waals surface area contributed by atoms with E-state index in [0.717, 1.165) is 113 Å². The molecule has 418 valence electrons. The second-order valence-electron chi connectivity index (χ2n) is 21.4. The minimum atomic E-state index is -0.185. The number of nitrogens with zero attached hydrogens (tertiary/aromatic N) is 8. The van der Waals surface area contributed by atoms with E-state index in [-0.39, 0.29) is 30.4 Å². The molecule has 4 aliphatic carbocycles. The Labute approximate surface area is 494 Å². The van der Waals surface area contributed by atoms with Crippen molar-refractivity contribution in [3.8, 4) is 28.6 Å². The molecule has 4 aliphatic rings. The molecule has 0 unspecified atom stereocenters. The van der Waals surface area contributed by atoms with E-state index in [4.69, 9.17) is 76.8 Å². The van der Waals surface area contributed by atoms with Crippen LogP contribution in [0.15, 0.2) is 86.3 Å². The highest BCUT2D eigenvalue weighted by atomic mass is 79.9. The Bertz CT molecular complexity index is 3430. The molecule has 19 heteroatoms. The molecule has 1 N–H and O–H groups in total. The molecule has 12 rings (SSSR count). The van der Waals surface area contributed by atoms with E-state index in [2.05, 4.69) is 88.0 Å². The van der Waals surface area contributed by atoms with Gasteiger partial charge in [-0.05, 0) is 158 Å². The maximum atomic E-state index is 11.4. The van der Waals surface area contributed by atoms with Gasteiger partial charge in [0, 0.05) is 68.2 Å². The lowest BCUT2D eigenvalue weighted by molar-refractivity contribution is -0.123. The summed E-state index contributed by atoms with van der Waals surface area (Å²) in [6.07, 6.45) is 10.7. The zero-order valence-electron chi connectivity index (χ0n) is 45.3. The number of benzene rings is 4. The molecule has 4 aromatic heterocycles. The standard InChI is InChI=1S/C19H21Cl2NO3.C19H19Cl2NO3.C12H13N3.C11H10BrN3/c2*20-15-2-1-3-16(21)17(15)18-14(19(25-22-18)11-4-5-11)10-24-13-8-6-12(23)7-9-13;1-8(2)15-11-7-9(3)5-6-10(11)12(13-4)14-15;1-7(2)15-11-5-8(12)3-4-9(11)10(6-13)14-15/h1-3,11-13,23H,4-10H2;1-3,11,13H,4-10H2;5-8H,1-3H3;3-5,7H,1-2H3. The van der Waals surface area contributed by atoms with Crippen LogP contribution in [-0.2, 0) is 27.5 Å². The van der Waals surface area contributed by atoms with Crippen LogP contribution in [0.4, 0.5) is 5.82 Å². The number of halogens is 5. The summed E-state index contributed by atoms with van der Waals surface area (Å²) < 4.78 is 28.3. The van der Waals surface area contributed by atoms with Gasteiger partial charge in [0.2, 0.25) is 0 Å². The van der Waals surface area contributed by atoms with Crippen LogP contribution in [0.2, 0.25) is 20.1 Å². The molecule has 0 aliphatic heterocycles. The molecular formula is C61H63BrCl4N8O6. The molecule has 80 heavy (non-hydrogen) atoms. The number of ether oxygens (including phenoxy) is 2. The SMILES string of the molecule is CC(C)n1nc(C#N)c2ccc(Br)cc21.O=C1CCC(OCc2c(-c3c(Cl)cccc3Cl)noc2C2CC2)CC1.OC1CCC(OCc2c(-c3c(Cl)cccc3Cl)noc2C2CC2)CC1.[C-]#[N+]c1nn(C(C)C)c2cc(C)ccc12. The van der Waals surface area contributed by atoms with Gasteiger partial charge >= 0.3 is 5.82 Å². The van der Waals surface area contributed by atoms with Crippen LogP contribution in [0, 0.1) is 24.8 Å². The fourth-order valence-electron chi connectivity index (χ4n) is 10.1. The predicted octanol–water partition coefficient (Wildman–Crippen LogP) is 17.6. The molecule has 4 heterocycles. The Kier molecular flexibility index (Phi) is 19.6. The van der Waals surface area contributed by atoms with Gasteiger partial charge in [-0.2, -0.15) is 15.0 Å². The first-order chi connectivity index (χ1) is 38.5. The van der Waals surface area contributed by atoms with Gasteiger partial charge in [0.1, 0.15) is 34.8 Å². The second kappa shape index (κ2) is 26.5. The Balaban J connectivity index is 0.000000133. The molecule has 4 aromatic carbocycles. The molecule has 4 saturated carbocycles. The van der Waals surface area contributed by atoms with Crippen LogP contribution in [0.1, 0.15) is 163 Å². The van der Waals surface area contributed by atoms with E-state index in [1.165, 1.54) is 5.56 Å². The van der Waals surface area contributed by atoms with Crippen LogP contribution in [0.5, 0.6) is 0 Å². The number of aromatic nitrogens is 6. The average Bonchev–Trinajstić information content (AvgIpc) is 4.33. The molecule has 0 saturated heterocycles. The smallest absolute Gasteiger partial charge is 0.303 e. The van der Waals surface area contributed by atoms with Gasteiger partial charge < -0.3 is 28.5 Å². The van der Waals surface area contributed by atoms with Crippen molar-refractivity contribution < 1.29 is 28.4 Å². The van der Waals surface area contributed by atoms with Crippen LogP contribution in [-0.4, -0.2) is 59.1 Å². The number of nitriles is 1. The zero-order chi connectivity index (χ0) is 56.8. The van der Waals surface area contributed by atoms with Crippen LogP contribution < -0.4 is 0 Å². The average molecular weight is 1230 g/mol. The first-order valence-corrected chi connectivity index (χ1v) is 29.6. The van der Waals surface area contributed by atoms with Gasteiger partial charge in [-0.1, -0.05) is 103 Å². The van der Waals surface area contributed by atoms with Crippen molar-refractivity contribution in [3.63, 3.8) is 0 Å². The number of hydrogen-bond donors (Lipinski definition) is 1. The van der Waals surface area contributed by atoms with Gasteiger partial charge in [0.05, 0.1) is 68.7 Å². The Hall–Kier alpha value is -5.59. The Morgan fingerprint density at radius 1 is 0.700 bits per heavy atom. The van der Waals surface area contributed by atoms with Crippen molar-refractivity contribution in [3.05, 3.63) is 143 Å². The molecule has 0 amide bonds. The first-order valence-electron chi connectivity index (χ1n) is 27.3. The number of aliphatic hydroxyl groups is 1. The maximum absolute atomic E-state index is 11.4. The first kappa shape index (κ1) is 59.0. The number of hydrogen-bond acceptors (Lipinski definition) is 11. The Morgan fingerprint density at radius 3 is 1.65 bits per heavy atom. The number of carbonyl (C=O) groups excluding carboxylic acids is 1. The highest BCUT2D eigenvalue weighted by molar-refractivity contribution is 9.10. The second-order valence-corrected chi connectivity index (χ2v) is 24.0. The van der Waals surface area contributed by atoms with Crippen LogP contribution in [0.25, 0.3) is 49.2 Å². The fourth-order valence-corrected chi connectivity index (χ4v) is 11.6. The van der Waals surface area contributed by atoms with Gasteiger partial charge in [0.15, 0.2) is 5.69 Å². The molecule has 4 fully saturated rings. The summed E-state index contributed by atoms with van der Waals surface area (Å²) in [5.74, 6) is 3.45. The largest absolute Gasteiger partial charge is 0.393 e. The van der Waals surface area contributed by atoms with Gasteiger partial charge in [-0.3, -0.25) is 9.48 Å². The highest BCUT2D eigenvalue weighted by Crippen LogP contribution is 2.48. The Morgan fingerprint density at radius 2 is 1.18 bits per heavy atom. The lowest BCUT2D eigenvalue weighted by Gasteiger charge is -2.25. The van der Waals surface area contributed by atoms with Crippen molar-refractivity contribution in [1.82, 2.24) is 29.9 Å². The number of aryl methyl sites for hydroxylation is 1. The lowest BCUT2D eigenvalue weighted by Crippen LogP contribution is -2.24. The van der Waals surface area contributed by atoms with Gasteiger partial charge in [0.25, 0.3) is 0 Å². The molecule has 0 spiro atoms. The highest BCUT2D eigenvalue weighted by Gasteiger charge is 2.36. The van der Waals surface area contributed by atoms with E-state index < -0.39 is 0 Å². The third-order valence-electron chi connectivity index (χ3n) is 14.7. The minimum Gasteiger partial charge on any atom is -0.393 e. The van der Waals surface area contributed by atoms with Crippen LogP contribution in [0.3, 0.4) is 0 Å². The summed E-state index contributed by atoms with van der Waals surface area (Å²) in [5.41, 5.74) is 8.40. The number of aliphatic hydroxyl groups excluding tert-OH is 1. The number of ketones is 1. The molecular weight excluding hydrogens is 1160 g/mol. The summed E-state index contributed by atoms with van der Waals surface area (Å²) in [5, 5.41) is 39.8. The maximum Gasteiger partial charge on any atom is 0.303 e. The molecule has 0 radical (unpaired) electrons. The topological polar surface area (TPSA) is 172 Å². The molecule has 0 bridgehead atoms. The van der Waals surface area contributed by atoms with E-state index in [0.29, 0.717) is 97.8 Å². The molecule has 8 aromatic rings. The van der Waals surface area contributed by atoms with Gasteiger partial charge in [-0.25, -0.2) is 0 Å². The third kappa shape index (κ3) is 14.0. The number of rotatable bonds is 12. The fraction of sp³-hybridized carbons (Fsp3) is 0.426. The summed E-state index contributed by atoms with van der Waals surface area (Å²) in [7, 11) is 0. The zero-order valence-corrected chi connectivity index (χ0v) is 49.9. The van der Waals surface area contributed by atoms with Crippen molar-refractivity contribution in [2.24, 2.45) is 0 Å². The van der Waals surface area contributed by atoms with E-state index in [1.54, 1.807) is 24.3 Å². The monoisotopic (exact) mass is 1220 g/mol. The number of Topliss-reactive ketones (excluding diaryl/α,β-unsaturated/α-hetero) is 1. The van der Waals surface area contributed by atoms with Gasteiger partial charge in [-0.15, -0.1) is 0 Å². The van der Waals surface area contributed by atoms with E-state index in [9.17, 15) is 9.90 Å². The molecule has 0 atom stereocenters. The van der Waals surface area contributed by atoms with E-state index >= 15 is 0 Å². The molecule has 14 nitrogen and oxygen atoms in total. The van der Waals surface area contributed by atoms with Crippen molar-refractivity contribution >= 4 is 95.7 Å². The quantitative estimate of drug-likeness (QED) is 0.115. The number of fused-ring (bicyclic) bond motifs is 2.